The lowest BCUT2D eigenvalue weighted by Gasteiger charge is -2.24. The van der Waals surface area contributed by atoms with E-state index >= 15 is 0 Å². The SMILES string of the molecule is CC(CN(C)c1ccc2c(c1)CCCC2)C(=O)O. The molecular weight excluding hydrogens is 226 g/mol. The molecule has 1 aromatic carbocycles. The van der Waals surface area contributed by atoms with Crippen LogP contribution in [0.25, 0.3) is 0 Å². The third-order valence-corrected chi connectivity index (χ3v) is 3.74. The van der Waals surface area contributed by atoms with Crippen molar-refractivity contribution >= 4 is 11.7 Å². The van der Waals surface area contributed by atoms with Gasteiger partial charge in [0.15, 0.2) is 0 Å². The summed E-state index contributed by atoms with van der Waals surface area (Å²) in [5.74, 6) is -1.08. The minimum absolute atomic E-state index is 0.342. The number of carboxylic acids is 1. The molecule has 1 aromatic rings. The molecular formula is C15H21NO2. The summed E-state index contributed by atoms with van der Waals surface area (Å²) in [4.78, 5) is 12.9. The smallest absolute Gasteiger partial charge is 0.308 e. The minimum Gasteiger partial charge on any atom is -0.481 e. The maximum Gasteiger partial charge on any atom is 0.308 e. The van der Waals surface area contributed by atoms with Gasteiger partial charge >= 0.3 is 5.97 Å². The molecule has 0 aromatic heterocycles. The van der Waals surface area contributed by atoms with E-state index in [2.05, 4.69) is 18.2 Å². The average Bonchev–Trinajstić information content (AvgIpc) is 2.37. The zero-order chi connectivity index (χ0) is 13.1. The van der Waals surface area contributed by atoms with Crippen molar-refractivity contribution in [2.45, 2.75) is 32.6 Å². The molecule has 1 aliphatic carbocycles. The maximum absolute atomic E-state index is 10.9. The topological polar surface area (TPSA) is 40.5 Å². The summed E-state index contributed by atoms with van der Waals surface area (Å²) < 4.78 is 0. The highest BCUT2D eigenvalue weighted by atomic mass is 16.4. The standard InChI is InChI=1S/C15H21NO2/c1-11(15(17)18)10-16(2)14-8-7-12-5-3-4-6-13(12)9-14/h7-9,11H,3-6,10H2,1-2H3,(H,17,18). The van der Waals surface area contributed by atoms with Crippen LogP contribution in [0, 0.1) is 5.92 Å². The zero-order valence-corrected chi connectivity index (χ0v) is 11.1. The van der Waals surface area contributed by atoms with Gasteiger partial charge in [0, 0.05) is 19.3 Å². The number of aryl methyl sites for hydroxylation is 2. The third kappa shape index (κ3) is 2.84. The van der Waals surface area contributed by atoms with E-state index < -0.39 is 5.97 Å². The maximum atomic E-state index is 10.9. The van der Waals surface area contributed by atoms with Gasteiger partial charge in [-0.3, -0.25) is 4.79 Å². The highest BCUT2D eigenvalue weighted by Crippen LogP contribution is 2.26. The fraction of sp³-hybridized carbons (Fsp3) is 0.533. The van der Waals surface area contributed by atoms with Crippen LogP contribution in [-0.2, 0) is 17.6 Å². The first-order valence-electron chi connectivity index (χ1n) is 6.63. The molecule has 1 atom stereocenters. The second-order valence-corrected chi connectivity index (χ2v) is 5.28. The Morgan fingerprint density at radius 3 is 2.67 bits per heavy atom. The van der Waals surface area contributed by atoms with Crippen LogP contribution in [0.2, 0.25) is 0 Å². The predicted octanol–water partition coefficient (Wildman–Crippen LogP) is 2.72. The summed E-state index contributed by atoms with van der Waals surface area (Å²) in [6.45, 7) is 2.30. The molecule has 0 amide bonds. The van der Waals surface area contributed by atoms with Crippen LogP contribution in [0.3, 0.4) is 0 Å². The zero-order valence-electron chi connectivity index (χ0n) is 11.1. The second kappa shape index (κ2) is 5.42. The molecule has 0 aliphatic heterocycles. The van der Waals surface area contributed by atoms with Gasteiger partial charge in [-0.05, 0) is 48.9 Å². The summed E-state index contributed by atoms with van der Waals surface area (Å²) in [7, 11) is 1.96. The molecule has 0 spiro atoms. The number of nitrogens with zero attached hydrogens (tertiary/aromatic N) is 1. The van der Waals surface area contributed by atoms with Gasteiger partial charge in [0.25, 0.3) is 0 Å². The number of anilines is 1. The van der Waals surface area contributed by atoms with Gasteiger partial charge in [-0.2, -0.15) is 0 Å². The molecule has 0 fully saturated rings. The number of carboxylic acid groups (broad SMARTS) is 1. The number of benzene rings is 1. The predicted molar refractivity (Wildman–Crippen MR) is 73.2 cm³/mol. The molecule has 98 valence electrons. The molecule has 3 heteroatoms. The summed E-state index contributed by atoms with van der Waals surface area (Å²) in [6, 6.07) is 6.54. The van der Waals surface area contributed by atoms with Crippen molar-refractivity contribution in [1.29, 1.82) is 0 Å². The molecule has 2 rings (SSSR count). The van der Waals surface area contributed by atoms with Gasteiger partial charge < -0.3 is 10.0 Å². The lowest BCUT2D eigenvalue weighted by Crippen LogP contribution is -2.28. The Hall–Kier alpha value is -1.51. The van der Waals surface area contributed by atoms with Crippen LogP contribution in [0.4, 0.5) is 5.69 Å². The van der Waals surface area contributed by atoms with Crippen molar-refractivity contribution in [3.63, 3.8) is 0 Å². The van der Waals surface area contributed by atoms with E-state index in [0.717, 1.165) is 12.1 Å². The van der Waals surface area contributed by atoms with Crippen molar-refractivity contribution in [3.8, 4) is 0 Å². The third-order valence-electron chi connectivity index (χ3n) is 3.74. The number of carbonyl (C=O) groups is 1. The number of hydrogen-bond acceptors (Lipinski definition) is 2. The summed E-state index contributed by atoms with van der Waals surface area (Å²) in [5.41, 5.74) is 4.03. The summed E-state index contributed by atoms with van der Waals surface area (Å²) >= 11 is 0. The second-order valence-electron chi connectivity index (χ2n) is 5.28. The van der Waals surface area contributed by atoms with Crippen LogP contribution in [-0.4, -0.2) is 24.7 Å². The van der Waals surface area contributed by atoms with Crippen molar-refractivity contribution < 1.29 is 9.90 Å². The number of rotatable bonds is 4. The molecule has 1 N–H and O–H groups in total. The van der Waals surface area contributed by atoms with Crippen LogP contribution < -0.4 is 4.90 Å². The van der Waals surface area contributed by atoms with Crippen LogP contribution in [0.1, 0.15) is 30.9 Å². The van der Waals surface area contributed by atoms with E-state index in [1.54, 1.807) is 6.92 Å². The highest BCUT2D eigenvalue weighted by molar-refractivity contribution is 5.70. The lowest BCUT2D eigenvalue weighted by atomic mass is 9.91. The first-order chi connectivity index (χ1) is 8.58. The number of hydrogen-bond donors (Lipinski definition) is 1. The fourth-order valence-electron chi connectivity index (χ4n) is 2.55. The Bertz CT molecular complexity index is 442. The van der Waals surface area contributed by atoms with E-state index in [-0.39, 0.29) is 5.92 Å². The van der Waals surface area contributed by atoms with Crippen LogP contribution >= 0.6 is 0 Å². The van der Waals surface area contributed by atoms with E-state index in [1.165, 1.54) is 30.4 Å². The Kier molecular flexibility index (Phi) is 3.90. The monoisotopic (exact) mass is 247 g/mol. The van der Waals surface area contributed by atoms with Gasteiger partial charge in [0.1, 0.15) is 0 Å². The van der Waals surface area contributed by atoms with E-state index in [4.69, 9.17) is 5.11 Å². The highest BCUT2D eigenvalue weighted by Gasteiger charge is 2.15. The first-order valence-corrected chi connectivity index (χ1v) is 6.63. The fourth-order valence-corrected chi connectivity index (χ4v) is 2.55. The van der Waals surface area contributed by atoms with Gasteiger partial charge in [-0.25, -0.2) is 0 Å². The molecule has 1 unspecified atom stereocenters. The average molecular weight is 247 g/mol. The summed E-state index contributed by atoms with van der Waals surface area (Å²) in [5, 5.41) is 8.94. The molecule has 0 saturated heterocycles. The van der Waals surface area contributed by atoms with Gasteiger partial charge in [-0.1, -0.05) is 13.0 Å². The van der Waals surface area contributed by atoms with Crippen molar-refractivity contribution in [1.82, 2.24) is 0 Å². The molecule has 0 heterocycles. The van der Waals surface area contributed by atoms with Crippen molar-refractivity contribution in [2.24, 2.45) is 5.92 Å². The van der Waals surface area contributed by atoms with Crippen molar-refractivity contribution in [2.75, 3.05) is 18.5 Å². The molecule has 0 radical (unpaired) electrons. The van der Waals surface area contributed by atoms with Crippen molar-refractivity contribution in [3.05, 3.63) is 29.3 Å². The minimum atomic E-state index is -0.736. The molecule has 1 aliphatic rings. The van der Waals surface area contributed by atoms with Gasteiger partial charge in [-0.15, -0.1) is 0 Å². The Balaban J connectivity index is 2.11. The number of aliphatic carboxylic acids is 1. The largest absolute Gasteiger partial charge is 0.481 e. The Morgan fingerprint density at radius 2 is 2.00 bits per heavy atom. The molecule has 18 heavy (non-hydrogen) atoms. The molecule has 3 nitrogen and oxygen atoms in total. The Labute approximate surface area is 108 Å². The molecule has 0 bridgehead atoms. The lowest BCUT2D eigenvalue weighted by molar-refractivity contribution is -0.140. The van der Waals surface area contributed by atoms with Crippen LogP contribution in [0.5, 0.6) is 0 Å². The van der Waals surface area contributed by atoms with Gasteiger partial charge in [0.05, 0.1) is 5.92 Å². The van der Waals surface area contributed by atoms with E-state index in [0.29, 0.717) is 6.54 Å². The van der Waals surface area contributed by atoms with Gasteiger partial charge in [0.2, 0.25) is 0 Å². The first kappa shape index (κ1) is 12.9. The Morgan fingerprint density at radius 1 is 1.33 bits per heavy atom. The normalized spacial score (nSPS) is 15.9. The summed E-state index contributed by atoms with van der Waals surface area (Å²) in [6.07, 6.45) is 4.90. The molecule has 0 saturated carbocycles. The quantitative estimate of drug-likeness (QED) is 0.889. The van der Waals surface area contributed by atoms with E-state index in [9.17, 15) is 4.79 Å². The van der Waals surface area contributed by atoms with E-state index in [1.807, 2.05) is 11.9 Å². The van der Waals surface area contributed by atoms with Crippen LogP contribution in [0.15, 0.2) is 18.2 Å². The number of fused-ring (bicyclic) bond motifs is 1.